The number of nitro groups is 1. The third-order valence-electron chi connectivity index (χ3n) is 3.52. The summed E-state index contributed by atoms with van der Waals surface area (Å²) in [4.78, 5) is 10.1. The minimum Gasteiger partial charge on any atom is -0.311 e. The van der Waals surface area contributed by atoms with Gasteiger partial charge in [0, 0.05) is 37.3 Å². The molecule has 8 heteroatoms. The number of nitrogens with one attached hydrogen (secondary N) is 1. The van der Waals surface area contributed by atoms with E-state index in [2.05, 4.69) is 5.32 Å². The molecule has 0 amide bonds. The van der Waals surface area contributed by atoms with Gasteiger partial charge < -0.3 is 5.32 Å². The lowest BCUT2D eigenvalue weighted by Gasteiger charge is -2.26. The van der Waals surface area contributed by atoms with Gasteiger partial charge in [0.15, 0.2) is 0 Å². The molecule has 1 aromatic carbocycles. The zero-order valence-corrected chi connectivity index (χ0v) is 10.8. The van der Waals surface area contributed by atoms with Crippen LogP contribution in [0.3, 0.4) is 0 Å². The molecule has 1 saturated carbocycles. The van der Waals surface area contributed by atoms with Crippen LogP contribution >= 0.6 is 0 Å². The number of hydrogen-bond donors (Lipinski definition) is 1. The first-order valence-electron chi connectivity index (χ1n) is 6.00. The summed E-state index contributed by atoms with van der Waals surface area (Å²) in [6.07, 6.45) is 0.839. The number of nitrogens with zero attached hydrogens (tertiary/aromatic N) is 2. The van der Waals surface area contributed by atoms with Gasteiger partial charge in [0.2, 0.25) is 10.0 Å². The standard InChI is InChI=1S/C11H13N3O4S/c15-14(16)8-1-3-9(4-2-8)19(17,18)13-6-5-12-10-7-11(10)13/h1-4,10-12H,5-7H2. The Morgan fingerprint density at radius 3 is 2.63 bits per heavy atom. The lowest BCUT2D eigenvalue weighted by Crippen LogP contribution is -2.46. The predicted octanol–water partition coefficient (Wildman–Crippen LogP) is 0.330. The molecule has 2 fully saturated rings. The Bertz CT molecular complexity index is 613. The van der Waals surface area contributed by atoms with Gasteiger partial charge in [-0.05, 0) is 18.6 Å². The lowest BCUT2D eigenvalue weighted by molar-refractivity contribution is -0.384. The number of non-ortho nitro benzene ring substituents is 1. The van der Waals surface area contributed by atoms with Crippen LogP contribution < -0.4 is 5.32 Å². The van der Waals surface area contributed by atoms with Crippen molar-refractivity contribution >= 4 is 15.7 Å². The maximum Gasteiger partial charge on any atom is 0.269 e. The number of benzene rings is 1. The Balaban J connectivity index is 1.89. The van der Waals surface area contributed by atoms with E-state index in [0.717, 1.165) is 6.42 Å². The van der Waals surface area contributed by atoms with E-state index in [1.807, 2.05) is 0 Å². The molecule has 0 aromatic heterocycles. The Kier molecular flexibility index (Phi) is 2.80. The quantitative estimate of drug-likeness (QED) is 0.637. The molecule has 2 atom stereocenters. The first kappa shape index (κ1) is 12.5. The normalized spacial score (nSPS) is 26.7. The largest absolute Gasteiger partial charge is 0.311 e. The lowest BCUT2D eigenvalue weighted by atomic mass is 10.3. The van der Waals surface area contributed by atoms with Crippen molar-refractivity contribution in [3.05, 3.63) is 34.4 Å². The fraction of sp³-hybridized carbons (Fsp3) is 0.455. The Morgan fingerprint density at radius 1 is 1.32 bits per heavy atom. The molecule has 0 bridgehead atoms. The van der Waals surface area contributed by atoms with E-state index in [4.69, 9.17) is 0 Å². The van der Waals surface area contributed by atoms with E-state index in [9.17, 15) is 18.5 Å². The van der Waals surface area contributed by atoms with Crippen LogP contribution in [-0.4, -0.2) is 42.8 Å². The summed E-state index contributed by atoms with van der Waals surface area (Å²) in [7, 11) is -3.54. The van der Waals surface area contributed by atoms with E-state index in [1.165, 1.54) is 28.6 Å². The molecule has 1 aliphatic carbocycles. The Morgan fingerprint density at radius 2 is 2.00 bits per heavy atom. The van der Waals surface area contributed by atoms with Crippen molar-refractivity contribution in [2.45, 2.75) is 23.4 Å². The van der Waals surface area contributed by atoms with Gasteiger partial charge in [-0.3, -0.25) is 10.1 Å². The van der Waals surface area contributed by atoms with Gasteiger partial charge in [0.25, 0.3) is 5.69 Å². The molecule has 1 saturated heterocycles. The molecule has 102 valence electrons. The van der Waals surface area contributed by atoms with Crippen molar-refractivity contribution in [3.8, 4) is 0 Å². The Hall–Kier alpha value is -1.51. The van der Waals surface area contributed by atoms with Gasteiger partial charge >= 0.3 is 0 Å². The van der Waals surface area contributed by atoms with E-state index >= 15 is 0 Å². The predicted molar refractivity (Wildman–Crippen MR) is 67.2 cm³/mol. The molecule has 2 aliphatic rings. The van der Waals surface area contributed by atoms with Gasteiger partial charge in [-0.15, -0.1) is 0 Å². The topological polar surface area (TPSA) is 92.5 Å². The molecule has 0 spiro atoms. The van der Waals surface area contributed by atoms with E-state index in [-0.39, 0.29) is 22.7 Å². The first-order valence-corrected chi connectivity index (χ1v) is 7.44. The number of fused-ring (bicyclic) bond motifs is 1. The van der Waals surface area contributed by atoms with Crippen molar-refractivity contribution in [3.63, 3.8) is 0 Å². The highest BCUT2D eigenvalue weighted by molar-refractivity contribution is 7.89. The summed E-state index contributed by atoms with van der Waals surface area (Å²) in [6.45, 7) is 1.09. The van der Waals surface area contributed by atoms with Gasteiger partial charge in [-0.25, -0.2) is 8.42 Å². The highest BCUT2D eigenvalue weighted by atomic mass is 32.2. The zero-order chi connectivity index (χ0) is 13.6. The van der Waals surface area contributed by atoms with Gasteiger partial charge in [-0.2, -0.15) is 4.31 Å². The average molecular weight is 283 g/mol. The smallest absolute Gasteiger partial charge is 0.269 e. The fourth-order valence-corrected chi connectivity index (χ4v) is 4.09. The summed E-state index contributed by atoms with van der Waals surface area (Å²) in [5.41, 5.74) is -0.108. The summed E-state index contributed by atoms with van der Waals surface area (Å²) < 4.78 is 26.4. The zero-order valence-electron chi connectivity index (χ0n) is 10.0. The molecule has 19 heavy (non-hydrogen) atoms. The molecular formula is C11H13N3O4S. The maximum atomic E-state index is 12.4. The number of nitro benzene ring substituents is 1. The van der Waals surface area contributed by atoms with Gasteiger partial charge in [0.05, 0.1) is 9.82 Å². The first-order chi connectivity index (χ1) is 9.00. The minimum atomic E-state index is -3.54. The van der Waals surface area contributed by atoms with E-state index in [0.29, 0.717) is 13.1 Å². The van der Waals surface area contributed by atoms with E-state index < -0.39 is 14.9 Å². The molecule has 1 N–H and O–H groups in total. The molecule has 7 nitrogen and oxygen atoms in total. The van der Waals surface area contributed by atoms with Crippen LogP contribution in [0.5, 0.6) is 0 Å². The fourth-order valence-electron chi connectivity index (χ4n) is 2.42. The van der Waals surface area contributed by atoms with Crippen LogP contribution in [0.2, 0.25) is 0 Å². The highest BCUT2D eigenvalue weighted by Crippen LogP contribution is 2.34. The van der Waals surface area contributed by atoms with Crippen LogP contribution in [0.1, 0.15) is 6.42 Å². The second-order valence-corrected chi connectivity index (χ2v) is 6.62. The molecule has 1 aliphatic heterocycles. The number of piperazine rings is 1. The van der Waals surface area contributed by atoms with Crippen LogP contribution in [0.4, 0.5) is 5.69 Å². The van der Waals surface area contributed by atoms with Crippen LogP contribution in [0.25, 0.3) is 0 Å². The molecule has 0 radical (unpaired) electrons. The van der Waals surface area contributed by atoms with Gasteiger partial charge in [-0.1, -0.05) is 0 Å². The van der Waals surface area contributed by atoms with Crippen molar-refractivity contribution in [1.82, 2.24) is 9.62 Å². The van der Waals surface area contributed by atoms with Crippen molar-refractivity contribution in [1.29, 1.82) is 0 Å². The summed E-state index contributed by atoms with van der Waals surface area (Å²) in [6, 6.07) is 5.34. The summed E-state index contributed by atoms with van der Waals surface area (Å²) in [5.74, 6) is 0. The molecule has 1 heterocycles. The summed E-state index contributed by atoms with van der Waals surface area (Å²) >= 11 is 0. The average Bonchev–Trinajstić information content (AvgIpc) is 3.17. The number of hydrogen-bond acceptors (Lipinski definition) is 5. The second-order valence-electron chi connectivity index (χ2n) is 4.73. The van der Waals surface area contributed by atoms with Crippen molar-refractivity contribution in [2.75, 3.05) is 13.1 Å². The molecular weight excluding hydrogens is 270 g/mol. The van der Waals surface area contributed by atoms with Crippen LogP contribution in [0, 0.1) is 10.1 Å². The van der Waals surface area contributed by atoms with Crippen molar-refractivity contribution in [2.24, 2.45) is 0 Å². The highest BCUT2D eigenvalue weighted by Gasteiger charge is 2.49. The second kappa shape index (κ2) is 4.26. The van der Waals surface area contributed by atoms with Crippen LogP contribution in [-0.2, 0) is 10.0 Å². The van der Waals surface area contributed by atoms with Gasteiger partial charge in [0.1, 0.15) is 0 Å². The Labute approximate surface area is 110 Å². The minimum absolute atomic E-state index is 0.0361. The maximum absolute atomic E-state index is 12.4. The number of rotatable bonds is 3. The molecule has 3 rings (SSSR count). The SMILES string of the molecule is O=[N+]([O-])c1ccc(S(=O)(=O)N2CCNC3CC32)cc1. The third-order valence-corrected chi connectivity index (χ3v) is 5.46. The monoisotopic (exact) mass is 283 g/mol. The molecule has 2 unspecified atom stereocenters. The number of sulfonamides is 1. The van der Waals surface area contributed by atoms with E-state index in [1.54, 1.807) is 0 Å². The van der Waals surface area contributed by atoms with Crippen molar-refractivity contribution < 1.29 is 13.3 Å². The third kappa shape index (κ3) is 2.11. The summed E-state index contributed by atoms with van der Waals surface area (Å²) in [5, 5.41) is 13.8. The molecule has 1 aromatic rings. The van der Waals surface area contributed by atoms with Crippen LogP contribution in [0.15, 0.2) is 29.2 Å².